The molecule has 8 unspecified atom stereocenters. The second kappa shape index (κ2) is 8.69. The van der Waals surface area contributed by atoms with E-state index in [0.717, 1.165) is 32.1 Å². The van der Waals surface area contributed by atoms with Crippen molar-refractivity contribution in [1.82, 2.24) is 0 Å². The molecule has 0 amide bonds. The zero-order chi connectivity index (χ0) is 25.1. The SMILES string of the molecule is CCCCCC=CC=CC(=O)C1=CC2C(=O)C3(C=C(C)C(O)C3(O)C1O)C(C)CC1C2C1(C)C. The molecule has 0 aliphatic heterocycles. The highest BCUT2D eigenvalue weighted by Crippen LogP contribution is 2.71. The second-order valence-corrected chi connectivity index (χ2v) is 11.6. The lowest BCUT2D eigenvalue weighted by molar-refractivity contribution is -0.189. The van der Waals surface area contributed by atoms with Crippen LogP contribution in [0.3, 0.4) is 0 Å². The topological polar surface area (TPSA) is 94.8 Å². The molecule has 34 heavy (non-hydrogen) atoms. The van der Waals surface area contributed by atoms with Crippen molar-refractivity contribution < 1.29 is 24.9 Å². The van der Waals surface area contributed by atoms with Crippen LogP contribution in [0.15, 0.2) is 47.6 Å². The summed E-state index contributed by atoms with van der Waals surface area (Å²) in [6.45, 7) is 10.1. The highest BCUT2D eigenvalue weighted by Gasteiger charge is 2.75. The third-order valence-electron chi connectivity index (χ3n) is 9.41. The van der Waals surface area contributed by atoms with Crippen LogP contribution in [0, 0.1) is 34.5 Å². The Morgan fingerprint density at radius 1 is 1.18 bits per heavy atom. The molecule has 4 aliphatic carbocycles. The molecule has 0 radical (unpaired) electrons. The molecule has 186 valence electrons. The van der Waals surface area contributed by atoms with Gasteiger partial charge in [-0.15, -0.1) is 0 Å². The molecule has 8 atom stereocenters. The summed E-state index contributed by atoms with van der Waals surface area (Å²) in [4.78, 5) is 27.5. The van der Waals surface area contributed by atoms with E-state index in [-0.39, 0.29) is 34.5 Å². The van der Waals surface area contributed by atoms with Crippen LogP contribution in [0.4, 0.5) is 0 Å². The second-order valence-electron chi connectivity index (χ2n) is 11.6. The zero-order valence-corrected chi connectivity index (χ0v) is 21.1. The maximum atomic E-state index is 14.2. The first-order valence-electron chi connectivity index (χ1n) is 12.9. The molecule has 5 heteroatoms. The number of unbranched alkanes of at least 4 members (excludes halogenated alkanes) is 3. The lowest BCUT2D eigenvalue weighted by atomic mass is 9.59. The van der Waals surface area contributed by atoms with Gasteiger partial charge in [0, 0.05) is 11.5 Å². The summed E-state index contributed by atoms with van der Waals surface area (Å²) < 4.78 is 0. The number of hydrogen-bond donors (Lipinski definition) is 3. The Hall–Kier alpha value is -1.82. The molecule has 5 nitrogen and oxygen atoms in total. The van der Waals surface area contributed by atoms with Crippen molar-refractivity contribution in [3.63, 3.8) is 0 Å². The Balaban J connectivity index is 1.74. The molecule has 0 saturated heterocycles. The predicted molar refractivity (Wildman–Crippen MR) is 132 cm³/mol. The van der Waals surface area contributed by atoms with E-state index in [2.05, 4.69) is 20.8 Å². The maximum absolute atomic E-state index is 14.2. The largest absolute Gasteiger partial charge is 0.386 e. The van der Waals surface area contributed by atoms with Gasteiger partial charge in [-0.25, -0.2) is 0 Å². The van der Waals surface area contributed by atoms with Gasteiger partial charge in [0.2, 0.25) is 0 Å². The first-order valence-corrected chi connectivity index (χ1v) is 12.9. The quantitative estimate of drug-likeness (QED) is 0.226. The van der Waals surface area contributed by atoms with Crippen LogP contribution < -0.4 is 0 Å². The van der Waals surface area contributed by atoms with Crippen molar-refractivity contribution in [3.05, 3.63) is 47.6 Å². The monoisotopic (exact) mass is 468 g/mol. The molecule has 2 saturated carbocycles. The van der Waals surface area contributed by atoms with Gasteiger partial charge in [-0.2, -0.15) is 0 Å². The third-order valence-corrected chi connectivity index (χ3v) is 9.41. The average Bonchev–Trinajstić information content (AvgIpc) is 3.29. The molecular formula is C29H40O5. The number of allylic oxidation sites excluding steroid dienone is 5. The Bertz CT molecular complexity index is 984. The number of hydrogen-bond acceptors (Lipinski definition) is 5. The summed E-state index contributed by atoms with van der Waals surface area (Å²) in [6.07, 6.45) is 12.1. The minimum atomic E-state index is -2.17. The molecule has 2 fully saturated rings. The molecule has 0 aromatic rings. The molecule has 1 spiro atoms. The van der Waals surface area contributed by atoms with Crippen molar-refractivity contribution in [2.75, 3.05) is 0 Å². The minimum absolute atomic E-state index is 0.0102. The lowest BCUT2D eigenvalue weighted by Crippen LogP contribution is -2.65. The van der Waals surface area contributed by atoms with E-state index >= 15 is 0 Å². The van der Waals surface area contributed by atoms with Crippen LogP contribution in [0.25, 0.3) is 0 Å². The fourth-order valence-corrected chi connectivity index (χ4v) is 7.35. The van der Waals surface area contributed by atoms with Gasteiger partial charge in [-0.1, -0.05) is 70.9 Å². The van der Waals surface area contributed by atoms with Crippen molar-refractivity contribution in [2.45, 2.75) is 84.5 Å². The molecule has 2 bridgehead atoms. The summed E-state index contributed by atoms with van der Waals surface area (Å²) in [5, 5.41) is 34.6. The molecule has 4 rings (SSSR count). The average molecular weight is 469 g/mol. The van der Waals surface area contributed by atoms with Gasteiger partial charge >= 0.3 is 0 Å². The standard InChI is InChI=1S/C29H40O5/c1-6-7-8-9-10-11-12-13-22(30)19-15-20-23-21(27(23,4)5)14-18(3)28(25(20)32)16-17(2)24(31)29(28,34)26(19)33/h10-13,15-16,18,20-21,23-24,26,31,33-34H,6-9,14H2,1-5H3. The van der Waals surface area contributed by atoms with E-state index in [0.29, 0.717) is 5.57 Å². The Labute approximate surface area is 203 Å². The van der Waals surface area contributed by atoms with Crippen LogP contribution in [0.5, 0.6) is 0 Å². The summed E-state index contributed by atoms with van der Waals surface area (Å²) in [5.74, 6) is -1.15. The lowest BCUT2D eigenvalue weighted by Gasteiger charge is -2.48. The van der Waals surface area contributed by atoms with Crippen LogP contribution in [0.1, 0.15) is 66.7 Å². The van der Waals surface area contributed by atoms with E-state index in [1.807, 2.05) is 19.1 Å². The van der Waals surface area contributed by atoms with Gasteiger partial charge in [0.25, 0.3) is 0 Å². The van der Waals surface area contributed by atoms with Gasteiger partial charge in [-0.3, -0.25) is 9.59 Å². The summed E-state index contributed by atoms with van der Waals surface area (Å²) in [6, 6.07) is 0. The predicted octanol–water partition coefficient (Wildman–Crippen LogP) is 4.08. The molecule has 3 N–H and O–H groups in total. The van der Waals surface area contributed by atoms with Crippen LogP contribution in [0.2, 0.25) is 0 Å². The maximum Gasteiger partial charge on any atom is 0.184 e. The van der Waals surface area contributed by atoms with Gasteiger partial charge < -0.3 is 15.3 Å². The fourth-order valence-electron chi connectivity index (χ4n) is 7.35. The number of carbonyl (C=O) groups is 2. The highest BCUT2D eigenvalue weighted by molar-refractivity contribution is 6.07. The van der Waals surface area contributed by atoms with E-state index in [4.69, 9.17) is 0 Å². The first kappa shape index (κ1) is 25.3. The summed E-state index contributed by atoms with van der Waals surface area (Å²) in [7, 11) is 0. The molecule has 0 heterocycles. The van der Waals surface area contributed by atoms with Gasteiger partial charge in [-0.05, 0) is 61.0 Å². The molecule has 4 aliphatic rings. The third kappa shape index (κ3) is 3.38. The van der Waals surface area contributed by atoms with E-state index in [1.54, 1.807) is 25.2 Å². The van der Waals surface area contributed by atoms with Crippen molar-refractivity contribution >= 4 is 11.6 Å². The van der Waals surface area contributed by atoms with E-state index in [9.17, 15) is 24.9 Å². The summed E-state index contributed by atoms with van der Waals surface area (Å²) >= 11 is 0. The van der Waals surface area contributed by atoms with Crippen LogP contribution >= 0.6 is 0 Å². The van der Waals surface area contributed by atoms with Crippen molar-refractivity contribution in [2.24, 2.45) is 34.5 Å². The van der Waals surface area contributed by atoms with Gasteiger partial charge in [0.15, 0.2) is 11.6 Å². The number of rotatable bonds is 7. The molecule has 0 aromatic carbocycles. The van der Waals surface area contributed by atoms with Crippen molar-refractivity contribution in [3.8, 4) is 0 Å². The smallest absolute Gasteiger partial charge is 0.184 e. The first-order chi connectivity index (χ1) is 16.0. The Morgan fingerprint density at radius 3 is 2.56 bits per heavy atom. The number of Topliss-reactive ketones (excluding diaryl/α,β-unsaturated/α-hetero) is 1. The molecular weight excluding hydrogens is 428 g/mol. The number of aliphatic hydroxyl groups is 3. The molecule has 0 aromatic heterocycles. The normalized spacial score (nSPS) is 42.6. The fraction of sp³-hybridized carbons (Fsp3) is 0.655. The van der Waals surface area contributed by atoms with Gasteiger partial charge in [0.05, 0.1) is 5.41 Å². The van der Waals surface area contributed by atoms with E-state index in [1.165, 1.54) is 6.08 Å². The zero-order valence-electron chi connectivity index (χ0n) is 21.1. The number of carbonyl (C=O) groups excluding carboxylic acids is 2. The number of ketones is 2. The van der Waals surface area contributed by atoms with Gasteiger partial charge in [0.1, 0.15) is 17.8 Å². The summed E-state index contributed by atoms with van der Waals surface area (Å²) in [5.41, 5.74) is -3.17. The Morgan fingerprint density at radius 2 is 1.88 bits per heavy atom. The number of aliphatic hydroxyl groups excluding tert-OH is 2. The van der Waals surface area contributed by atoms with Crippen LogP contribution in [-0.2, 0) is 9.59 Å². The van der Waals surface area contributed by atoms with E-state index < -0.39 is 34.9 Å². The minimum Gasteiger partial charge on any atom is -0.386 e. The number of fused-ring (bicyclic) bond motifs is 3. The highest BCUT2D eigenvalue weighted by atomic mass is 16.4. The van der Waals surface area contributed by atoms with Crippen molar-refractivity contribution in [1.29, 1.82) is 0 Å². The van der Waals surface area contributed by atoms with Crippen LogP contribution in [-0.4, -0.2) is 44.7 Å². The Kier molecular flexibility index (Phi) is 6.46.